The molecule has 0 bridgehead atoms. The minimum absolute atomic E-state index is 0.0846. The van der Waals surface area contributed by atoms with Crippen LogP contribution in [0.1, 0.15) is 0 Å². The van der Waals surface area contributed by atoms with E-state index in [9.17, 15) is 9.59 Å². The summed E-state index contributed by atoms with van der Waals surface area (Å²) in [5.41, 5.74) is 0.240. The van der Waals surface area contributed by atoms with E-state index >= 15 is 0 Å². The smallest absolute Gasteiger partial charge is 0.255 e. The molecule has 1 aromatic heterocycles. The van der Waals surface area contributed by atoms with Crippen molar-refractivity contribution in [3.05, 3.63) is 46.8 Å². The molecule has 2 aromatic rings. The van der Waals surface area contributed by atoms with Crippen molar-refractivity contribution >= 4 is 23.4 Å². The van der Waals surface area contributed by atoms with Crippen molar-refractivity contribution in [1.29, 1.82) is 0 Å². The Labute approximate surface area is 112 Å². The number of nitrogens with one attached hydrogen (secondary N) is 2. The molecule has 1 aromatic carbocycles. The Bertz CT molecular complexity index is 628. The van der Waals surface area contributed by atoms with E-state index < -0.39 is 5.56 Å². The monoisotopic (exact) mass is 277 g/mol. The van der Waals surface area contributed by atoms with E-state index in [2.05, 4.69) is 15.3 Å². The maximum Gasteiger partial charge on any atom is 0.255 e. The highest BCUT2D eigenvalue weighted by molar-refractivity contribution is 7.99. The molecular weight excluding hydrogens is 266 g/mol. The van der Waals surface area contributed by atoms with Gasteiger partial charge in [-0.15, -0.1) is 0 Å². The van der Waals surface area contributed by atoms with Crippen LogP contribution in [0.4, 0.5) is 5.69 Å². The number of carbonyl (C=O) groups is 1. The average Bonchev–Trinajstić information content (AvgIpc) is 2.36. The zero-order valence-electron chi connectivity index (χ0n) is 9.79. The maximum atomic E-state index is 11.6. The standard InChI is InChI=1S/C12H11N3O3S/c16-9-6-10(17)15-12(14-9)19-7-11(18)13-8-4-2-1-3-5-8/h1-6H,7H2,(H,13,18)(H2,14,15,16,17). The third kappa shape index (κ3) is 4.14. The fourth-order valence-electron chi connectivity index (χ4n) is 1.34. The highest BCUT2D eigenvalue weighted by Crippen LogP contribution is 2.14. The van der Waals surface area contributed by atoms with Gasteiger partial charge in [0.15, 0.2) is 5.16 Å². The summed E-state index contributed by atoms with van der Waals surface area (Å²) in [6.07, 6.45) is 0. The van der Waals surface area contributed by atoms with Crippen LogP contribution in [0.2, 0.25) is 0 Å². The summed E-state index contributed by atoms with van der Waals surface area (Å²) < 4.78 is 0. The van der Waals surface area contributed by atoms with E-state index in [1.807, 2.05) is 18.2 Å². The van der Waals surface area contributed by atoms with Crippen molar-refractivity contribution in [1.82, 2.24) is 9.97 Å². The van der Waals surface area contributed by atoms with Crippen molar-refractivity contribution in [3.63, 3.8) is 0 Å². The van der Waals surface area contributed by atoms with Crippen LogP contribution < -0.4 is 10.9 Å². The number of hydrogen-bond acceptors (Lipinski definition) is 5. The quantitative estimate of drug-likeness (QED) is 0.576. The number of rotatable bonds is 4. The van der Waals surface area contributed by atoms with Crippen LogP contribution >= 0.6 is 11.8 Å². The van der Waals surface area contributed by atoms with Gasteiger partial charge in [-0.05, 0) is 12.1 Å². The molecule has 0 aliphatic carbocycles. The van der Waals surface area contributed by atoms with Gasteiger partial charge in [-0.25, -0.2) is 0 Å². The number of aromatic amines is 1. The van der Waals surface area contributed by atoms with Crippen LogP contribution in [-0.4, -0.2) is 26.7 Å². The van der Waals surface area contributed by atoms with Gasteiger partial charge < -0.3 is 15.4 Å². The summed E-state index contributed by atoms with van der Waals surface area (Å²) in [7, 11) is 0. The second kappa shape index (κ2) is 6.05. The van der Waals surface area contributed by atoms with Gasteiger partial charge in [0, 0.05) is 5.69 Å². The number of para-hydroxylation sites is 1. The van der Waals surface area contributed by atoms with Crippen LogP contribution in [0, 0.1) is 0 Å². The van der Waals surface area contributed by atoms with Crippen molar-refractivity contribution in [2.24, 2.45) is 0 Å². The highest BCUT2D eigenvalue weighted by atomic mass is 32.2. The molecule has 19 heavy (non-hydrogen) atoms. The predicted octanol–water partition coefficient (Wildman–Crippen LogP) is 1.21. The van der Waals surface area contributed by atoms with E-state index in [0.717, 1.165) is 17.8 Å². The first-order chi connectivity index (χ1) is 9.13. The van der Waals surface area contributed by atoms with Crippen LogP contribution in [-0.2, 0) is 4.79 Å². The van der Waals surface area contributed by atoms with Crippen LogP contribution in [0.5, 0.6) is 5.88 Å². The van der Waals surface area contributed by atoms with Gasteiger partial charge in [0.05, 0.1) is 11.8 Å². The lowest BCUT2D eigenvalue weighted by Gasteiger charge is -2.04. The molecule has 0 spiro atoms. The molecular formula is C12H11N3O3S. The van der Waals surface area contributed by atoms with Gasteiger partial charge in [0.1, 0.15) is 0 Å². The molecule has 0 saturated heterocycles. The van der Waals surface area contributed by atoms with E-state index in [0.29, 0.717) is 5.69 Å². The number of carbonyl (C=O) groups excluding carboxylic acids is 1. The highest BCUT2D eigenvalue weighted by Gasteiger charge is 2.06. The topological polar surface area (TPSA) is 95.1 Å². The van der Waals surface area contributed by atoms with Gasteiger partial charge in [0.25, 0.3) is 5.56 Å². The van der Waals surface area contributed by atoms with E-state index in [-0.39, 0.29) is 22.7 Å². The minimum atomic E-state index is -0.460. The van der Waals surface area contributed by atoms with Crippen molar-refractivity contribution in [2.75, 3.05) is 11.1 Å². The Balaban J connectivity index is 1.92. The molecule has 2 rings (SSSR count). The zero-order chi connectivity index (χ0) is 13.7. The first kappa shape index (κ1) is 13.2. The molecule has 0 saturated carbocycles. The second-order valence-corrected chi connectivity index (χ2v) is 4.58. The zero-order valence-corrected chi connectivity index (χ0v) is 10.6. The molecule has 0 aliphatic heterocycles. The summed E-state index contributed by atoms with van der Waals surface area (Å²) >= 11 is 1.04. The maximum absolute atomic E-state index is 11.6. The minimum Gasteiger partial charge on any atom is -0.493 e. The lowest BCUT2D eigenvalue weighted by atomic mass is 10.3. The first-order valence-corrected chi connectivity index (χ1v) is 6.40. The van der Waals surface area contributed by atoms with Crippen LogP contribution in [0.15, 0.2) is 46.3 Å². The van der Waals surface area contributed by atoms with Gasteiger partial charge in [-0.3, -0.25) is 9.59 Å². The number of anilines is 1. The molecule has 0 aliphatic rings. The average molecular weight is 277 g/mol. The Kier molecular flexibility index (Phi) is 4.19. The number of benzene rings is 1. The van der Waals surface area contributed by atoms with Gasteiger partial charge in [0.2, 0.25) is 11.8 Å². The molecule has 1 heterocycles. The van der Waals surface area contributed by atoms with Crippen molar-refractivity contribution in [3.8, 4) is 5.88 Å². The largest absolute Gasteiger partial charge is 0.493 e. The summed E-state index contributed by atoms with van der Waals surface area (Å²) in [5, 5.41) is 12.1. The lowest BCUT2D eigenvalue weighted by Crippen LogP contribution is -2.15. The van der Waals surface area contributed by atoms with E-state index in [1.165, 1.54) is 0 Å². The fraction of sp³-hybridized carbons (Fsp3) is 0.0833. The van der Waals surface area contributed by atoms with Gasteiger partial charge in [-0.1, -0.05) is 30.0 Å². The molecule has 1 amide bonds. The van der Waals surface area contributed by atoms with E-state index in [4.69, 9.17) is 5.11 Å². The molecule has 0 radical (unpaired) electrons. The lowest BCUT2D eigenvalue weighted by molar-refractivity contribution is -0.113. The Morgan fingerprint density at radius 1 is 1.37 bits per heavy atom. The van der Waals surface area contributed by atoms with Crippen LogP contribution in [0.3, 0.4) is 0 Å². The van der Waals surface area contributed by atoms with Crippen LogP contribution in [0.25, 0.3) is 0 Å². The van der Waals surface area contributed by atoms with E-state index in [1.54, 1.807) is 12.1 Å². The molecule has 7 heteroatoms. The fourth-order valence-corrected chi connectivity index (χ4v) is 2.01. The third-order valence-corrected chi connectivity index (χ3v) is 2.98. The Hall–Kier alpha value is -2.28. The number of nitrogens with zero attached hydrogens (tertiary/aromatic N) is 1. The summed E-state index contributed by atoms with van der Waals surface area (Å²) in [6.45, 7) is 0. The number of amides is 1. The normalized spacial score (nSPS) is 10.1. The Morgan fingerprint density at radius 2 is 2.11 bits per heavy atom. The molecule has 98 valence electrons. The van der Waals surface area contributed by atoms with Crippen molar-refractivity contribution in [2.45, 2.75) is 5.16 Å². The second-order valence-electron chi connectivity index (χ2n) is 3.61. The molecule has 0 fully saturated rings. The molecule has 0 unspecified atom stereocenters. The molecule has 6 nitrogen and oxygen atoms in total. The molecule has 0 atom stereocenters. The summed E-state index contributed by atoms with van der Waals surface area (Å²) in [6, 6.07) is 10.0. The number of thioether (sulfide) groups is 1. The first-order valence-electron chi connectivity index (χ1n) is 5.41. The third-order valence-electron chi connectivity index (χ3n) is 2.10. The number of H-pyrrole nitrogens is 1. The molecule has 3 N–H and O–H groups in total. The SMILES string of the molecule is O=C(CSc1nc(O)cc(=O)[nH]1)Nc1ccccc1. The Morgan fingerprint density at radius 3 is 2.79 bits per heavy atom. The van der Waals surface area contributed by atoms with Crippen molar-refractivity contribution < 1.29 is 9.90 Å². The number of aromatic nitrogens is 2. The summed E-state index contributed by atoms with van der Waals surface area (Å²) in [5.74, 6) is -0.502. The van der Waals surface area contributed by atoms with Gasteiger partial charge in [-0.2, -0.15) is 4.98 Å². The van der Waals surface area contributed by atoms with Gasteiger partial charge >= 0.3 is 0 Å². The number of hydrogen-bond donors (Lipinski definition) is 3. The number of aromatic hydroxyl groups is 1. The predicted molar refractivity (Wildman–Crippen MR) is 72.3 cm³/mol. The summed E-state index contributed by atoms with van der Waals surface area (Å²) in [4.78, 5) is 28.8.